The molecule has 0 saturated carbocycles. The Morgan fingerprint density at radius 2 is 2.20 bits per heavy atom. The van der Waals surface area contributed by atoms with Crippen LogP contribution in [0.4, 0.5) is 0 Å². The molecule has 0 bridgehead atoms. The molecule has 0 radical (unpaired) electrons. The number of carboxylic acid groups (broad SMARTS) is 1. The molecule has 112 valence electrons. The number of thiophene rings is 1. The Morgan fingerprint density at radius 1 is 1.55 bits per heavy atom. The van der Waals surface area contributed by atoms with Crippen molar-refractivity contribution in [2.75, 3.05) is 13.1 Å². The van der Waals surface area contributed by atoms with Crippen LogP contribution in [0.5, 0.6) is 0 Å². The number of aromatic carboxylic acids is 1. The van der Waals surface area contributed by atoms with Crippen LogP contribution in [-0.2, 0) is 10.0 Å². The van der Waals surface area contributed by atoms with E-state index in [2.05, 4.69) is 15.9 Å². The highest BCUT2D eigenvalue weighted by atomic mass is 79.9. The highest BCUT2D eigenvalue weighted by molar-refractivity contribution is 9.11. The van der Waals surface area contributed by atoms with Gasteiger partial charge in [-0.15, -0.1) is 11.3 Å². The maximum Gasteiger partial charge on any atom is 0.345 e. The number of carboxylic acids is 1. The van der Waals surface area contributed by atoms with Gasteiger partial charge in [-0.25, -0.2) is 13.2 Å². The zero-order valence-electron chi connectivity index (χ0n) is 10.6. The quantitative estimate of drug-likeness (QED) is 0.826. The van der Waals surface area contributed by atoms with Crippen LogP contribution in [-0.4, -0.2) is 48.1 Å². The molecule has 20 heavy (non-hydrogen) atoms. The van der Waals surface area contributed by atoms with Crippen LogP contribution < -0.4 is 0 Å². The van der Waals surface area contributed by atoms with Crippen molar-refractivity contribution in [2.24, 2.45) is 5.92 Å². The van der Waals surface area contributed by atoms with Gasteiger partial charge in [-0.1, -0.05) is 6.92 Å². The van der Waals surface area contributed by atoms with Crippen LogP contribution in [0.1, 0.15) is 23.0 Å². The third-order valence-corrected chi connectivity index (χ3v) is 7.41. The van der Waals surface area contributed by atoms with Crippen LogP contribution in [0.25, 0.3) is 0 Å². The lowest BCUT2D eigenvalue weighted by Crippen LogP contribution is -2.44. The number of carbonyl (C=O) groups is 1. The first-order chi connectivity index (χ1) is 9.23. The second-order valence-electron chi connectivity index (χ2n) is 4.75. The smallest absolute Gasteiger partial charge is 0.345 e. The average molecular weight is 384 g/mol. The molecule has 2 rings (SSSR count). The molecule has 1 aromatic rings. The Hall–Kier alpha value is -0.480. The van der Waals surface area contributed by atoms with Crippen LogP contribution >= 0.6 is 27.3 Å². The van der Waals surface area contributed by atoms with E-state index in [1.54, 1.807) is 6.92 Å². The molecular formula is C11H14BrNO5S2. The molecule has 0 aliphatic carbocycles. The van der Waals surface area contributed by atoms with E-state index < -0.39 is 22.1 Å². The second-order valence-corrected chi connectivity index (χ2v) is 9.03. The molecule has 1 aromatic heterocycles. The number of piperidine rings is 1. The van der Waals surface area contributed by atoms with E-state index in [0.717, 1.165) is 11.3 Å². The van der Waals surface area contributed by atoms with E-state index in [9.17, 15) is 18.3 Å². The molecule has 2 heterocycles. The highest BCUT2D eigenvalue weighted by Crippen LogP contribution is 2.34. The molecule has 1 saturated heterocycles. The van der Waals surface area contributed by atoms with Crippen molar-refractivity contribution < 1.29 is 23.4 Å². The number of nitrogens with zero attached hydrogens (tertiary/aromatic N) is 1. The van der Waals surface area contributed by atoms with Crippen molar-refractivity contribution in [3.05, 3.63) is 14.7 Å². The van der Waals surface area contributed by atoms with Gasteiger partial charge in [0.15, 0.2) is 0 Å². The van der Waals surface area contributed by atoms with Gasteiger partial charge in [-0.3, -0.25) is 0 Å². The third-order valence-electron chi connectivity index (χ3n) is 3.31. The third kappa shape index (κ3) is 2.91. The summed E-state index contributed by atoms with van der Waals surface area (Å²) in [5.74, 6) is -1.30. The van der Waals surface area contributed by atoms with Gasteiger partial charge in [0.1, 0.15) is 9.77 Å². The molecule has 2 atom stereocenters. The van der Waals surface area contributed by atoms with Gasteiger partial charge in [0.2, 0.25) is 10.0 Å². The van der Waals surface area contributed by atoms with Crippen LogP contribution in [0.3, 0.4) is 0 Å². The maximum atomic E-state index is 12.5. The van der Waals surface area contributed by atoms with Crippen LogP contribution in [0, 0.1) is 5.92 Å². The summed E-state index contributed by atoms with van der Waals surface area (Å²) in [7, 11) is -3.74. The fraction of sp³-hybridized carbons (Fsp3) is 0.545. The predicted molar refractivity (Wildman–Crippen MR) is 77.5 cm³/mol. The minimum atomic E-state index is -3.74. The van der Waals surface area contributed by atoms with E-state index in [0.29, 0.717) is 6.42 Å². The fourth-order valence-electron chi connectivity index (χ4n) is 2.09. The molecule has 2 unspecified atom stereocenters. The predicted octanol–water partition coefficient (Wildman–Crippen LogP) is 1.60. The molecular weight excluding hydrogens is 370 g/mol. The van der Waals surface area contributed by atoms with Crippen molar-refractivity contribution in [2.45, 2.75) is 24.3 Å². The minimum Gasteiger partial charge on any atom is -0.477 e. The summed E-state index contributed by atoms with van der Waals surface area (Å²) in [6.07, 6.45) is -0.115. The topological polar surface area (TPSA) is 94.9 Å². The lowest BCUT2D eigenvalue weighted by molar-refractivity contribution is 0.0628. The molecule has 1 aliphatic heterocycles. The zero-order chi connectivity index (χ0) is 15.1. The lowest BCUT2D eigenvalue weighted by atomic mass is 9.99. The molecule has 1 aliphatic rings. The van der Waals surface area contributed by atoms with Gasteiger partial charge in [0.25, 0.3) is 0 Å². The van der Waals surface area contributed by atoms with E-state index >= 15 is 0 Å². The van der Waals surface area contributed by atoms with Crippen molar-refractivity contribution in [3.8, 4) is 0 Å². The summed E-state index contributed by atoms with van der Waals surface area (Å²) >= 11 is 3.99. The highest BCUT2D eigenvalue weighted by Gasteiger charge is 2.35. The minimum absolute atomic E-state index is 0.0245. The number of aliphatic hydroxyl groups excluding tert-OH is 1. The summed E-state index contributed by atoms with van der Waals surface area (Å²) in [6.45, 7) is 2.25. The number of aliphatic hydroxyl groups is 1. The van der Waals surface area contributed by atoms with Gasteiger partial charge in [-0.2, -0.15) is 4.31 Å². The van der Waals surface area contributed by atoms with Gasteiger partial charge in [0, 0.05) is 13.1 Å². The Kier molecular flexibility index (Phi) is 4.55. The van der Waals surface area contributed by atoms with Gasteiger partial charge in [0.05, 0.1) is 9.89 Å². The number of hydrogen-bond donors (Lipinski definition) is 2. The summed E-state index contributed by atoms with van der Waals surface area (Å²) in [5.41, 5.74) is 0. The first-order valence-electron chi connectivity index (χ1n) is 5.94. The van der Waals surface area contributed by atoms with Crippen molar-refractivity contribution in [1.82, 2.24) is 4.31 Å². The Balaban J connectivity index is 2.33. The molecule has 6 nitrogen and oxygen atoms in total. The van der Waals surface area contributed by atoms with Crippen molar-refractivity contribution in [1.29, 1.82) is 0 Å². The number of hydrogen-bond acceptors (Lipinski definition) is 5. The SMILES string of the molecule is CC1CN(S(=O)(=O)c2cc(C(=O)O)sc2Br)CCC1O. The van der Waals surface area contributed by atoms with Crippen molar-refractivity contribution >= 4 is 43.3 Å². The zero-order valence-corrected chi connectivity index (χ0v) is 13.8. The Morgan fingerprint density at radius 3 is 2.70 bits per heavy atom. The normalized spacial score (nSPS) is 24.8. The van der Waals surface area contributed by atoms with Gasteiger partial charge >= 0.3 is 5.97 Å². The van der Waals surface area contributed by atoms with E-state index in [-0.39, 0.29) is 32.6 Å². The van der Waals surface area contributed by atoms with Gasteiger partial charge < -0.3 is 10.2 Å². The molecule has 0 spiro atoms. The van der Waals surface area contributed by atoms with Crippen molar-refractivity contribution in [3.63, 3.8) is 0 Å². The van der Waals surface area contributed by atoms with E-state index in [1.165, 1.54) is 10.4 Å². The average Bonchev–Trinajstić information content (AvgIpc) is 2.75. The monoisotopic (exact) mass is 383 g/mol. The molecule has 0 amide bonds. The number of sulfonamides is 1. The second kappa shape index (κ2) is 5.72. The van der Waals surface area contributed by atoms with E-state index in [1.807, 2.05) is 0 Å². The standard InChI is InChI=1S/C11H14BrNO5S2/c1-6-5-13(3-2-7(6)14)20(17,18)9-4-8(11(15)16)19-10(9)12/h4,6-7,14H,2-3,5H2,1H3,(H,15,16). The summed E-state index contributed by atoms with van der Waals surface area (Å²) < 4.78 is 26.6. The largest absolute Gasteiger partial charge is 0.477 e. The maximum absolute atomic E-state index is 12.5. The Labute approximate surface area is 129 Å². The number of rotatable bonds is 3. The first-order valence-corrected chi connectivity index (χ1v) is 8.99. The van der Waals surface area contributed by atoms with E-state index in [4.69, 9.17) is 5.11 Å². The summed E-state index contributed by atoms with van der Waals surface area (Å²) in [4.78, 5) is 10.9. The summed E-state index contributed by atoms with van der Waals surface area (Å²) in [5, 5.41) is 18.6. The first kappa shape index (κ1) is 15.9. The van der Waals surface area contributed by atoms with Crippen LogP contribution in [0.2, 0.25) is 0 Å². The van der Waals surface area contributed by atoms with Gasteiger partial charge in [-0.05, 0) is 34.3 Å². The molecule has 9 heteroatoms. The molecule has 2 N–H and O–H groups in total. The molecule has 0 aromatic carbocycles. The summed E-state index contributed by atoms with van der Waals surface area (Å²) in [6, 6.07) is 1.17. The number of halogens is 1. The molecule has 1 fully saturated rings. The Bertz CT molecular complexity index is 627. The lowest BCUT2D eigenvalue weighted by Gasteiger charge is -2.33. The fourth-order valence-corrected chi connectivity index (χ4v) is 5.99. The van der Waals surface area contributed by atoms with Crippen LogP contribution in [0.15, 0.2) is 14.7 Å².